The number of carbonyl (C=O) groups is 1. The predicted molar refractivity (Wildman–Crippen MR) is 159 cm³/mol. The van der Waals surface area contributed by atoms with E-state index >= 15 is 13.2 Å². The Morgan fingerprint density at radius 1 is 1.19 bits per heavy atom. The summed E-state index contributed by atoms with van der Waals surface area (Å²) >= 11 is 1.35. The highest BCUT2D eigenvalue weighted by atomic mass is 32.2. The summed E-state index contributed by atoms with van der Waals surface area (Å²) in [4.78, 5) is 24.9. The van der Waals surface area contributed by atoms with Gasteiger partial charge in [0.25, 0.3) is 0 Å². The van der Waals surface area contributed by atoms with Crippen molar-refractivity contribution in [2.24, 2.45) is 5.92 Å². The van der Waals surface area contributed by atoms with Crippen molar-refractivity contribution in [1.82, 2.24) is 19.9 Å². The van der Waals surface area contributed by atoms with Crippen LogP contribution in [-0.2, 0) is 17.6 Å². The molecule has 7 nitrogen and oxygen atoms in total. The van der Waals surface area contributed by atoms with Gasteiger partial charge in [-0.3, -0.25) is 9.69 Å². The van der Waals surface area contributed by atoms with Gasteiger partial charge in [0.15, 0.2) is 11.6 Å². The Kier molecular flexibility index (Phi) is 7.70. The lowest BCUT2D eigenvalue weighted by Gasteiger charge is -2.32. The lowest BCUT2D eigenvalue weighted by atomic mass is 9.92. The van der Waals surface area contributed by atoms with Gasteiger partial charge < -0.3 is 19.8 Å². The second kappa shape index (κ2) is 11.5. The van der Waals surface area contributed by atoms with Crippen molar-refractivity contribution in [3.63, 3.8) is 0 Å². The van der Waals surface area contributed by atoms with Crippen LogP contribution >= 0.6 is 11.8 Å². The van der Waals surface area contributed by atoms with Crippen molar-refractivity contribution in [1.29, 1.82) is 0 Å². The molecule has 3 heterocycles. The second-order valence-corrected chi connectivity index (χ2v) is 11.6. The first-order valence-electron chi connectivity index (χ1n) is 13.8. The van der Waals surface area contributed by atoms with Gasteiger partial charge in [-0.05, 0) is 49.6 Å². The lowest BCUT2D eigenvalue weighted by Crippen LogP contribution is -2.33. The molecule has 2 aromatic heterocycles. The smallest absolute Gasteiger partial charge is 0.306 e. The number of carboxylic acids is 1. The number of H-pyrrole nitrogens is 2. The molecule has 222 valence electrons. The fraction of sp³-hybridized carbons (Fsp3) is 0.250. The third-order valence-corrected chi connectivity index (χ3v) is 8.72. The fourth-order valence-corrected chi connectivity index (χ4v) is 6.37. The molecule has 0 radical (unpaired) electrons. The van der Waals surface area contributed by atoms with Crippen LogP contribution in [0.15, 0.2) is 59.6 Å². The van der Waals surface area contributed by atoms with E-state index in [1.165, 1.54) is 36.0 Å². The molecule has 1 aliphatic heterocycles. The molecule has 6 rings (SSSR count). The van der Waals surface area contributed by atoms with Crippen LogP contribution in [-0.4, -0.2) is 50.8 Å². The van der Waals surface area contributed by atoms with Gasteiger partial charge in [-0.1, -0.05) is 25.1 Å². The van der Waals surface area contributed by atoms with Crippen LogP contribution in [0.25, 0.3) is 22.3 Å². The minimum atomic E-state index is -0.996. The summed E-state index contributed by atoms with van der Waals surface area (Å²) in [6.07, 6.45) is 4.20. The summed E-state index contributed by atoms with van der Waals surface area (Å²) in [7, 11) is 1.86. The Bertz CT molecular complexity index is 1850. The third kappa shape index (κ3) is 5.27. The molecule has 0 saturated heterocycles. The molecule has 0 aliphatic carbocycles. The zero-order valence-electron chi connectivity index (χ0n) is 23.7. The molecule has 0 amide bonds. The first-order chi connectivity index (χ1) is 20.7. The molecule has 0 spiro atoms. The first-order valence-corrected chi connectivity index (χ1v) is 15.0. The van der Waals surface area contributed by atoms with Crippen molar-refractivity contribution >= 4 is 28.6 Å². The largest absolute Gasteiger partial charge is 0.481 e. The summed E-state index contributed by atoms with van der Waals surface area (Å²) in [5, 5.41) is 10.1. The van der Waals surface area contributed by atoms with E-state index in [2.05, 4.69) is 9.97 Å². The van der Waals surface area contributed by atoms with Crippen LogP contribution < -0.4 is 4.74 Å². The molecule has 43 heavy (non-hydrogen) atoms. The quantitative estimate of drug-likeness (QED) is 0.160. The van der Waals surface area contributed by atoms with E-state index in [0.29, 0.717) is 40.2 Å². The number of hydrogen-bond donors (Lipinski definition) is 3. The Morgan fingerprint density at radius 3 is 2.77 bits per heavy atom. The molecule has 11 heteroatoms. The van der Waals surface area contributed by atoms with E-state index in [4.69, 9.17) is 9.72 Å². The molecule has 2 unspecified atom stereocenters. The van der Waals surface area contributed by atoms with Gasteiger partial charge in [-0.25, -0.2) is 18.2 Å². The number of nitrogens with zero attached hydrogens (tertiary/aromatic N) is 2. The van der Waals surface area contributed by atoms with Gasteiger partial charge >= 0.3 is 5.97 Å². The van der Waals surface area contributed by atoms with E-state index < -0.39 is 35.4 Å². The van der Waals surface area contributed by atoms with E-state index in [9.17, 15) is 9.90 Å². The average molecular weight is 607 g/mol. The fourth-order valence-electron chi connectivity index (χ4n) is 5.65. The predicted octanol–water partition coefficient (Wildman–Crippen LogP) is 7.33. The first kappa shape index (κ1) is 28.9. The van der Waals surface area contributed by atoms with Crippen molar-refractivity contribution < 1.29 is 27.8 Å². The number of likely N-dealkylation sites (N-methyl/N-ethyl adjacent to an activating group) is 1. The van der Waals surface area contributed by atoms with Gasteiger partial charge in [0.05, 0.1) is 28.1 Å². The number of benzene rings is 3. The van der Waals surface area contributed by atoms with E-state index in [1.807, 2.05) is 24.3 Å². The maximum Gasteiger partial charge on any atom is 0.306 e. The van der Waals surface area contributed by atoms with Crippen LogP contribution in [0, 0.1) is 23.4 Å². The van der Waals surface area contributed by atoms with Crippen molar-refractivity contribution in [3.8, 4) is 22.9 Å². The highest BCUT2D eigenvalue weighted by Gasteiger charge is 2.33. The molecule has 2 atom stereocenters. The number of aromatic amines is 2. The summed E-state index contributed by atoms with van der Waals surface area (Å²) in [5.74, 6) is -2.79. The summed E-state index contributed by atoms with van der Waals surface area (Å²) in [6, 6.07) is 11.8. The van der Waals surface area contributed by atoms with Gasteiger partial charge in [0.1, 0.15) is 23.2 Å². The summed E-state index contributed by atoms with van der Waals surface area (Å²) in [6.45, 7) is 2.14. The minimum absolute atomic E-state index is 0.0464. The highest BCUT2D eigenvalue weighted by molar-refractivity contribution is 7.99. The van der Waals surface area contributed by atoms with Crippen molar-refractivity contribution in [3.05, 3.63) is 94.7 Å². The van der Waals surface area contributed by atoms with Crippen LogP contribution in [0.3, 0.4) is 0 Å². The number of ether oxygens (including phenoxy) is 1. The molecular formula is C32H29F3N4O3S. The Morgan fingerprint density at radius 2 is 2.00 bits per heavy atom. The number of thioether (sulfide) groups is 1. The number of halogens is 3. The Labute approximate surface area is 250 Å². The molecule has 3 N–H and O–H groups in total. The second-order valence-electron chi connectivity index (χ2n) is 10.7. The molecule has 3 aromatic carbocycles. The number of rotatable bonds is 8. The zero-order valence-corrected chi connectivity index (χ0v) is 24.5. The number of aliphatic carboxylic acids is 1. The number of carboxylic acid groups (broad SMARTS) is 1. The zero-order chi connectivity index (χ0) is 30.4. The number of imidazole rings is 1. The standard InChI is InChI=1S/C32H29F3N4O3S/c1-16(32(40)41)13-17-5-4-6-20(26(17)35)28-27-24(10-12-39(28)2)37-31(38-27)21-14-18(7-8-22(21)33)42-29-23(34)15-25-19(9-11-36-25)30(29)43-3/h4-9,11,14-16,28,36H,10,12-13H2,1-3H3,(H,37,38)(H,40,41). The van der Waals surface area contributed by atoms with Gasteiger partial charge in [-0.15, -0.1) is 11.8 Å². The van der Waals surface area contributed by atoms with Gasteiger partial charge in [0.2, 0.25) is 0 Å². The normalized spacial score (nSPS) is 15.9. The lowest BCUT2D eigenvalue weighted by molar-refractivity contribution is -0.141. The number of aromatic nitrogens is 3. The molecule has 0 fully saturated rings. The minimum Gasteiger partial charge on any atom is -0.481 e. The molecule has 0 saturated carbocycles. The van der Waals surface area contributed by atoms with E-state index in [-0.39, 0.29) is 29.3 Å². The van der Waals surface area contributed by atoms with Crippen LogP contribution in [0.4, 0.5) is 13.2 Å². The van der Waals surface area contributed by atoms with E-state index in [1.54, 1.807) is 31.3 Å². The molecule has 5 aromatic rings. The number of fused-ring (bicyclic) bond motifs is 2. The monoisotopic (exact) mass is 606 g/mol. The summed E-state index contributed by atoms with van der Waals surface area (Å²) < 4.78 is 52.1. The van der Waals surface area contributed by atoms with Gasteiger partial charge in [0, 0.05) is 47.4 Å². The van der Waals surface area contributed by atoms with Crippen LogP contribution in [0.1, 0.15) is 35.5 Å². The topological polar surface area (TPSA) is 94.2 Å². The van der Waals surface area contributed by atoms with Crippen molar-refractivity contribution in [2.45, 2.75) is 30.7 Å². The van der Waals surface area contributed by atoms with Crippen LogP contribution in [0.5, 0.6) is 11.5 Å². The number of nitrogens with one attached hydrogen (secondary N) is 2. The molecule has 0 bridgehead atoms. The average Bonchev–Trinajstić information content (AvgIpc) is 3.63. The SMILES string of the molecule is CSc1c(Oc2ccc(F)c(-c3nc4c([nH]3)CCN(C)C4c3cccc(CC(C)C(=O)O)c3F)c2)c(F)cc2[nH]ccc12. The Balaban J connectivity index is 1.37. The maximum atomic E-state index is 15.8. The van der Waals surface area contributed by atoms with Crippen molar-refractivity contribution in [2.75, 3.05) is 19.8 Å². The highest BCUT2D eigenvalue weighted by Crippen LogP contribution is 2.41. The Hall–Kier alpha value is -4.22. The summed E-state index contributed by atoms with van der Waals surface area (Å²) in [5.41, 5.74) is 2.77. The van der Waals surface area contributed by atoms with E-state index in [0.717, 1.165) is 11.1 Å². The van der Waals surface area contributed by atoms with Gasteiger partial charge in [-0.2, -0.15) is 0 Å². The molecule has 1 aliphatic rings. The van der Waals surface area contributed by atoms with Crippen LogP contribution in [0.2, 0.25) is 0 Å². The maximum absolute atomic E-state index is 15.8. The third-order valence-electron chi connectivity index (χ3n) is 7.91. The molecular weight excluding hydrogens is 577 g/mol. The number of hydrogen-bond acceptors (Lipinski definition) is 5.